The molecule has 0 aliphatic rings. The smallest absolute Gasteiger partial charge is 0.305 e. The van der Waals surface area contributed by atoms with Gasteiger partial charge in [-0.25, -0.2) is 0 Å². The quantitative estimate of drug-likeness (QED) is 0.0500. The van der Waals surface area contributed by atoms with Gasteiger partial charge in [0, 0.05) is 12.8 Å². The summed E-state index contributed by atoms with van der Waals surface area (Å²) in [5.74, 6) is 0.0221. The Bertz CT molecular complexity index is 540. The van der Waals surface area contributed by atoms with Crippen molar-refractivity contribution >= 4 is 11.9 Å². The van der Waals surface area contributed by atoms with Crippen molar-refractivity contribution in [3.63, 3.8) is 0 Å². The second-order valence-corrected chi connectivity index (χ2v) is 13.9. The van der Waals surface area contributed by atoms with Crippen LogP contribution >= 0.6 is 0 Å². The van der Waals surface area contributed by atoms with Gasteiger partial charge in [0.1, 0.15) is 0 Å². The van der Waals surface area contributed by atoms with Crippen molar-refractivity contribution in [1.29, 1.82) is 0 Å². The van der Waals surface area contributed by atoms with Crippen molar-refractivity contribution < 1.29 is 19.1 Å². The molecule has 0 N–H and O–H groups in total. The third-order valence-corrected chi connectivity index (χ3v) is 9.28. The molecule has 4 heteroatoms. The summed E-state index contributed by atoms with van der Waals surface area (Å²) in [5.41, 5.74) is 0. The molecule has 0 saturated heterocycles. The monoisotopic (exact) mass is 637 g/mol. The molecular formula is C41H80O4. The summed E-state index contributed by atoms with van der Waals surface area (Å²) in [7, 11) is 0. The van der Waals surface area contributed by atoms with E-state index in [9.17, 15) is 9.59 Å². The summed E-state index contributed by atoms with van der Waals surface area (Å²) < 4.78 is 10.7. The van der Waals surface area contributed by atoms with Crippen molar-refractivity contribution in [2.75, 3.05) is 13.2 Å². The second-order valence-electron chi connectivity index (χ2n) is 13.9. The van der Waals surface area contributed by atoms with Crippen LogP contribution in [0.25, 0.3) is 0 Å². The summed E-state index contributed by atoms with van der Waals surface area (Å²) in [4.78, 5) is 23.6. The number of esters is 2. The van der Waals surface area contributed by atoms with Gasteiger partial charge in [-0.1, -0.05) is 200 Å². The maximum Gasteiger partial charge on any atom is 0.305 e. The Morgan fingerprint density at radius 3 is 0.733 bits per heavy atom. The Morgan fingerprint density at radius 2 is 0.489 bits per heavy atom. The van der Waals surface area contributed by atoms with Gasteiger partial charge in [0.05, 0.1) is 13.2 Å². The first-order valence-electron chi connectivity index (χ1n) is 20.5. The van der Waals surface area contributed by atoms with Crippen LogP contribution in [0, 0.1) is 0 Å². The summed E-state index contributed by atoms with van der Waals surface area (Å²) in [6.07, 6.45) is 43.7. The zero-order valence-corrected chi connectivity index (χ0v) is 30.8. The number of hydrogen-bond acceptors (Lipinski definition) is 4. The first kappa shape index (κ1) is 43.9. The van der Waals surface area contributed by atoms with Crippen LogP contribution in [0.4, 0.5) is 0 Å². The van der Waals surface area contributed by atoms with Gasteiger partial charge in [0.15, 0.2) is 0 Å². The lowest BCUT2D eigenvalue weighted by Crippen LogP contribution is -2.05. The van der Waals surface area contributed by atoms with E-state index in [1.807, 2.05) is 0 Å². The molecule has 0 unspecified atom stereocenters. The molecular weight excluding hydrogens is 556 g/mol. The minimum Gasteiger partial charge on any atom is -0.466 e. The fraction of sp³-hybridized carbons (Fsp3) is 0.951. The van der Waals surface area contributed by atoms with E-state index in [1.165, 1.54) is 186 Å². The maximum atomic E-state index is 11.8. The summed E-state index contributed by atoms with van der Waals surface area (Å²) >= 11 is 0. The fourth-order valence-electron chi connectivity index (χ4n) is 6.18. The van der Waals surface area contributed by atoms with Crippen LogP contribution < -0.4 is 0 Å². The van der Waals surface area contributed by atoms with Crippen molar-refractivity contribution in [1.82, 2.24) is 0 Å². The molecule has 268 valence electrons. The van der Waals surface area contributed by atoms with Crippen LogP contribution in [0.5, 0.6) is 0 Å². The zero-order valence-electron chi connectivity index (χ0n) is 30.8. The molecule has 0 aromatic heterocycles. The highest BCUT2D eigenvalue weighted by molar-refractivity contribution is 5.69. The molecule has 0 aromatic carbocycles. The number of unbranched alkanes of at least 4 members (excludes halogenated alkanes) is 30. The lowest BCUT2D eigenvalue weighted by Gasteiger charge is -2.06. The first-order valence-corrected chi connectivity index (χ1v) is 20.5. The Kier molecular flexibility index (Phi) is 38.2. The average molecular weight is 637 g/mol. The Morgan fingerprint density at radius 1 is 0.289 bits per heavy atom. The van der Waals surface area contributed by atoms with Crippen LogP contribution in [-0.2, 0) is 19.1 Å². The van der Waals surface area contributed by atoms with E-state index < -0.39 is 0 Å². The number of carbonyl (C=O) groups excluding carboxylic acids is 2. The van der Waals surface area contributed by atoms with Crippen LogP contribution in [0.2, 0.25) is 0 Å². The van der Waals surface area contributed by atoms with E-state index >= 15 is 0 Å². The Hall–Kier alpha value is -1.06. The topological polar surface area (TPSA) is 52.6 Å². The first-order chi connectivity index (χ1) is 22.2. The highest BCUT2D eigenvalue weighted by Crippen LogP contribution is 2.16. The van der Waals surface area contributed by atoms with Crippen molar-refractivity contribution in [3.8, 4) is 0 Å². The average Bonchev–Trinajstić information content (AvgIpc) is 3.04. The summed E-state index contributed by atoms with van der Waals surface area (Å²) in [6.45, 7) is 5.71. The standard InChI is InChI=1S/C41H80O4/c1-3-5-7-9-30-34-38-44-40(42)36-32-28-26-24-22-20-18-16-14-12-11-13-15-17-19-21-23-25-27-29-33-37-41(43)45-39-35-31-10-8-6-4-2/h3-39H2,1-2H3. The van der Waals surface area contributed by atoms with Gasteiger partial charge < -0.3 is 9.47 Å². The van der Waals surface area contributed by atoms with Gasteiger partial charge in [-0.2, -0.15) is 0 Å². The van der Waals surface area contributed by atoms with Crippen molar-refractivity contribution in [2.24, 2.45) is 0 Å². The molecule has 0 atom stereocenters. The maximum absolute atomic E-state index is 11.8. The third-order valence-electron chi connectivity index (χ3n) is 9.28. The van der Waals surface area contributed by atoms with E-state index in [0.29, 0.717) is 26.1 Å². The molecule has 0 fully saturated rings. The third kappa shape index (κ3) is 39.0. The van der Waals surface area contributed by atoms with Crippen LogP contribution in [0.3, 0.4) is 0 Å². The normalized spacial score (nSPS) is 11.2. The number of ether oxygens (including phenoxy) is 2. The highest BCUT2D eigenvalue weighted by Gasteiger charge is 2.04. The van der Waals surface area contributed by atoms with Gasteiger partial charge in [0.25, 0.3) is 0 Å². The highest BCUT2D eigenvalue weighted by atomic mass is 16.5. The molecule has 45 heavy (non-hydrogen) atoms. The van der Waals surface area contributed by atoms with Crippen molar-refractivity contribution in [2.45, 2.75) is 239 Å². The molecule has 0 bridgehead atoms. The van der Waals surface area contributed by atoms with Crippen LogP contribution in [-0.4, -0.2) is 25.2 Å². The van der Waals surface area contributed by atoms with Crippen molar-refractivity contribution in [3.05, 3.63) is 0 Å². The Balaban J connectivity index is 3.16. The van der Waals surface area contributed by atoms with E-state index in [0.717, 1.165) is 25.7 Å². The van der Waals surface area contributed by atoms with Gasteiger partial charge in [-0.05, 0) is 25.7 Å². The lowest BCUT2D eigenvalue weighted by atomic mass is 10.0. The van der Waals surface area contributed by atoms with Gasteiger partial charge in [0.2, 0.25) is 0 Å². The molecule has 0 heterocycles. The van der Waals surface area contributed by atoms with E-state index in [4.69, 9.17) is 9.47 Å². The Labute approximate surface area is 282 Å². The molecule has 0 spiro atoms. The minimum atomic E-state index is 0.0111. The summed E-state index contributed by atoms with van der Waals surface area (Å²) in [5, 5.41) is 0. The molecule has 0 aromatic rings. The molecule has 4 nitrogen and oxygen atoms in total. The van der Waals surface area contributed by atoms with Crippen LogP contribution in [0.1, 0.15) is 239 Å². The van der Waals surface area contributed by atoms with Gasteiger partial charge >= 0.3 is 11.9 Å². The van der Waals surface area contributed by atoms with E-state index in [1.54, 1.807) is 0 Å². The lowest BCUT2D eigenvalue weighted by molar-refractivity contribution is -0.144. The predicted molar refractivity (Wildman–Crippen MR) is 195 cm³/mol. The van der Waals surface area contributed by atoms with E-state index in [-0.39, 0.29) is 11.9 Å². The second kappa shape index (κ2) is 39.1. The van der Waals surface area contributed by atoms with Gasteiger partial charge in [-0.3, -0.25) is 9.59 Å². The minimum absolute atomic E-state index is 0.0111. The molecule has 0 aliphatic heterocycles. The zero-order chi connectivity index (χ0) is 32.7. The molecule has 0 rings (SSSR count). The number of rotatable bonds is 38. The molecule has 0 aliphatic carbocycles. The predicted octanol–water partition coefficient (Wildman–Crippen LogP) is 13.8. The summed E-state index contributed by atoms with van der Waals surface area (Å²) in [6, 6.07) is 0. The number of hydrogen-bond donors (Lipinski definition) is 0. The fourth-order valence-corrected chi connectivity index (χ4v) is 6.18. The molecule has 0 radical (unpaired) electrons. The molecule has 0 saturated carbocycles. The van der Waals surface area contributed by atoms with Gasteiger partial charge in [-0.15, -0.1) is 0 Å². The number of carbonyl (C=O) groups is 2. The van der Waals surface area contributed by atoms with E-state index in [2.05, 4.69) is 13.8 Å². The molecule has 0 amide bonds. The largest absolute Gasteiger partial charge is 0.466 e. The van der Waals surface area contributed by atoms with Crippen LogP contribution in [0.15, 0.2) is 0 Å². The SMILES string of the molecule is CCCCCCCCOC(=O)CCCCCCCCCCCCCCCCCCCCCCCC(=O)OCCCCCCCC.